The van der Waals surface area contributed by atoms with Gasteiger partial charge in [-0.05, 0) is 24.6 Å². The zero-order valence-corrected chi connectivity index (χ0v) is 14.9. The molecule has 0 saturated heterocycles. The van der Waals surface area contributed by atoms with E-state index in [0.717, 1.165) is 0 Å². The molecule has 27 heavy (non-hydrogen) atoms. The summed E-state index contributed by atoms with van der Waals surface area (Å²) in [6, 6.07) is 11.6. The summed E-state index contributed by atoms with van der Waals surface area (Å²) < 4.78 is 65.1. The van der Waals surface area contributed by atoms with E-state index in [-0.39, 0.29) is 11.4 Å². The fourth-order valence-corrected chi connectivity index (χ4v) is 3.71. The van der Waals surface area contributed by atoms with Gasteiger partial charge < -0.3 is 0 Å². The fraction of sp³-hybridized carbons (Fsp3) is 0.167. The third kappa shape index (κ3) is 4.48. The molecule has 2 heterocycles. The molecule has 3 rings (SSSR count). The number of halogens is 3. The number of benzene rings is 1. The molecule has 5 nitrogen and oxygen atoms in total. The number of nitrogens with zero attached hydrogens (tertiary/aromatic N) is 3. The maximum atomic E-state index is 13.3. The van der Waals surface area contributed by atoms with E-state index in [4.69, 9.17) is 0 Å². The highest BCUT2D eigenvalue weighted by atomic mass is 32.2. The van der Waals surface area contributed by atoms with Gasteiger partial charge in [0.2, 0.25) is 0 Å². The minimum atomic E-state index is -4.81. The predicted octanol–water partition coefficient (Wildman–Crippen LogP) is 3.84. The zero-order chi connectivity index (χ0) is 19.7. The normalized spacial score (nSPS) is 12.1. The number of alkyl halides is 3. The summed E-state index contributed by atoms with van der Waals surface area (Å²) in [6.07, 6.45) is -3.41. The van der Waals surface area contributed by atoms with Crippen molar-refractivity contribution in [3.63, 3.8) is 0 Å². The number of sulfone groups is 1. The topological polar surface area (TPSA) is 72.8 Å². The van der Waals surface area contributed by atoms with Crippen LogP contribution >= 0.6 is 0 Å². The lowest BCUT2D eigenvalue weighted by molar-refractivity contribution is -0.141. The summed E-state index contributed by atoms with van der Waals surface area (Å²) >= 11 is 0. The van der Waals surface area contributed by atoms with E-state index >= 15 is 0 Å². The molecular weight excluding hydrogens is 379 g/mol. The van der Waals surface area contributed by atoms with Crippen molar-refractivity contribution in [1.29, 1.82) is 0 Å². The second-order valence-electron chi connectivity index (χ2n) is 5.84. The molecule has 0 amide bonds. The molecule has 3 aromatic rings. The van der Waals surface area contributed by atoms with Gasteiger partial charge >= 0.3 is 6.18 Å². The van der Waals surface area contributed by atoms with Gasteiger partial charge in [-0.1, -0.05) is 30.3 Å². The summed E-state index contributed by atoms with van der Waals surface area (Å²) in [5, 5.41) is -0.668. The van der Waals surface area contributed by atoms with Crippen LogP contribution in [0, 0.1) is 6.92 Å². The maximum absolute atomic E-state index is 13.3. The van der Waals surface area contributed by atoms with E-state index in [0.29, 0.717) is 17.3 Å². The number of hydrogen-bond acceptors (Lipinski definition) is 5. The summed E-state index contributed by atoms with van der Waals surface area (Å²) in [4.78, 5) is 11.4. The Morgan fingerprint density at radius 2 is 1.70 bits per heavy atom. The third-order valence-electron chi connectivity index (χ3n) is 3.67. The van der Waals surface area contributed by atoms with Crippen molar-refractivity contribution < 1.29 is 21.6 Å². The van der Waals surface area contributed by atoms with E-state index in [2.05, 4.69) is 15.0 Å². The highest BCUT2D eigenvalue weighted by Gasteiger charge is 2.35. The average Bonchev–Trinajstić information content (AvgIpc) is 2.61. The number of rotatable bonds is 4. The molecule has 0 atom stereocenters. The van der Waals surface area contributed by atoms with Gasteiger partial charge in [0.05, 0.1) is 5.75 Å². The van der Waals surface area contributed by atoms with Crippen LogP contribution in [0.25, 0.3) is 11.4 Å². The molecule has 0 spiro atoms. The quantitative estimate of drug-likeness (QED) is 0.630. The monoisotopic (exact) mass is 393 g/mol. The first-order valence-electron chi connectivity index (χ1n) is 7.81. The Kier molecular flexibility index (Phi) is 4.97. The van der Waals surface area contributed by atoms with E-state index in [9.17, 15) is 21.6 Å². The van der Waals surface area contributed by atoms with Crippen molar-refractivity contribution in [2.45, 2.75) is 23.9 Å². The smallest absolute Gasteiger partial charge is 0.262 e. The number of aromatic nitrogens is 3. The van der Waals surface area contributed by atoms with Crippen molar-refractivity contribution in [3.05, 3.63) is 71.7 Å². The maximum Gasteiger partial charge on any atom is 0.433 e. The Morgan fingerprint density at radius 3 is 2.33 bits per heavy atom. The first-order chi connectivity index (χ1) is 12.6. The Morgan fingerprint density at radius 1 is 1.00 bits per heavy atom. The summed E-state index contributed by atoms with van der Waals surface area (Å²) in [5.74, 6) is -0.779. The molecule has 0 aliphatic rings. The van der Waals surface area contributed by atoms with Gasteiger partial charge in [0, 0.05) is 23.5 Å². The first kappa shape index (κ1) is 19.0. The molecule has 1 aromatic carbocycles. The Labute approximate surface area is 153 Å². The van der Waals surface area contributed by atoms with Gasteiger partial charge in [-0.2, -0.15) is 13.2 Å². The summed E-state index contributed by atoms with van der Waals surface area (Å²) in [7, 11) is -4.10. The lowest BCUT2D eigenvalue weighted by Gasteiger charge is -2.11. The molecular formula is C18H14F3N3O2S. The zero-order valence-electron chi connectivity index (χ0n) is 14.1. The van der Waals surface area contributed by atoms with Gasteiger partial charge in [-0.3, -0.25) is 4.98 Å². The highest BCUT2D eigenvalue weighted by molar-refractivity contribution is 7.90. The molecule has 140 valence electrons. The summed E-state index contributed by atoms with van der Waals surface area (Å²) in [6.45, 7) is 1.66. The number of pyridine rings is 1. The second kappa shape index (κ2) is 7.07. The van der Waals surface area contributed by atoms with Crippen LogP contribution in [0.5, 0.6) is 0 Å². The van der Waals surface area contributed by atoms with Crippen LogP contribution in [-0.4, -0.2) is 23.4 Å². The number of hydrogen-bond donors (Lipinski definition) is 0. The van der Waals surface area contributed by atoms with E-state index < -0.39 is 32.5 Å². The second-order valence-corrected chi connectivity index (χ2v) is 7.78. The SMILES string of the molecule is Cc1cc(-c2nc(C(F)(F)F)cc(S(=O)(=O)Cc3ccccc3)n2)ccn1. The van der Waals surface area contributed by atoms with Gasteiger partial charge in [0.1, 0.15) is 5.69 Å². The molecule has 0 fully saturated rings. The third-order valence-corrected chi connectivity index (χ3v) is 5.23. The largest absolute Gasteiger partial charge is 0.433 e. The molecule has 9 heteroatoms. The molecule has 0 aliphatic carbocycles. The van der Waals surface area contributed by atoms with Crippen molar-refractivity contribution in [2.24, 2.45) is 0 Å². The molecule has 0 N–H and O–H groups in total. The predicted molar refractivity (Wildman–Crippen MR) is 92.3 cm³/mol. The Bertz CT molecular complexity index is 1070. The Hall–Kier alpha value is -2.81. The molecule has 0 saturated carbocycles. The minimum Gasteiger partial charge on any atom is -0.262 e. The lowest BCUT2D eigenvalue weighted by Crippen LogP contribution is -2.15. The molecule has 0 bridgehead atoms. The average molecular weight is 393 g/mol. The first-order valence-corrected chi connectivity index (χ1v) is 9.46. The van der Waals surface area contributed by atoms with E-state index in [1.165, 1.54) is 18.3 Å². The highest BCUT2D eigenvalue weighted by Crippen LogP contribution is 2.31. The lowest BCUT2D eigenvalue weighted by atomic mass is 10.2. The van der Waals surface area contributed by atoms with Crippen molar-refractivity contribution >= 4 is 9.84 Å². The van der Waals surface area contributed by atoms with E-state index in [1.807, 2.05) is 0 Å². The molecule has 0 radical (unpaired) electrons. The van der Waals surface area contributed by atoms with Gasteiger partial charge in [0.15, 0.2) is 20.7 Å². The van der Waals surface area contributed by atoms with Crippen LogP contribution in [-0.2, 0) is 21.8 Å². The summed E-state index contributed by atoms with van der Waals surface area (Å²) in [5.41, 5.74) is -0.0634. The van der Waals surface area contributed by atoms with Crippen molar-refractivity contribution in [1.82, 2.24) is 15.0 Å². The van der Waals surface area contributed by atoms with Crippen LogP contribution in [0.3, 0.4) is 0 Å². The molecule has 0 unspecified atom stereocenters. The van der Waals surface area contributed by atoms with Crippen LogP contribution < -0.4 is 0 Å². The fourth-order valence-electron chi connectivity index (χ4n) is 2.41. The van der Waals surface area contributed by atoms with Crippen LogP contribution in [0.4, 0.5) is 13.2 Å². The van der Waals surface area contributed by atoms with E-state index in [1.54, 1.807) is 37.3 Å². The standard InChI is InChI=1S/C18H14F3N3O2S/c1-12-9-14(7-8-22-12)17-23-15(18(19,20)21)10-16(24-17)27(25,26)11-13-5-3-2-4-6-13/h2-10H,11H2,1H3. The Balaban J connectivity index is 2.13. The van der Waals surface area contributed by atoms with Crippen LogP contribution in [0.1, 0.15) is 17.0 Å². The van der Waals surface area contributed by atoms with Crippen molar-refractivity contribution in [3.8, 4) is 11.4 Å². The van der Waals surface area contributed by atoms with Gasteiger partial charge in [-0.25, -0.2) is 18.4 Å². The van der Waals surface area contributed by atoms with Gasteiger partial charge in [-0.15, -0.1) is 0 Å². The molecule has 0 aliphatic heterocycles. The number of aryl methyl sites for hydroxylation is 1. The van der Waals surface area contributed by atoms with Crippen LogP contribution in [0.15, 0.2) is 59.8 Å². The minimum absolute atomic E-state index is 0.254. The van der Waals surface area contributed by atoms with Gasteiger partial charge in [0.25, 0.3) is 0 Å². The van der Waals surface area contributed by atoms with Crippen LogP contribution in [0.2, 0.25) is 0 Å². The van der Waals surface area contributed by atoms with Crippen molar-refractivity contribution in [2.75, 3.05) is 0 Å². The molecule has 2 aromatic heterocycles.